The van der Waals surface area contributed by atoms with Crippen molar-refractivity contribution in [3.05, 3.63) is 46.0 Å². The van der Waals surface area contributed by atoms with E-state index in [0.29, 0.717) is 5.88 Å². The molecular formula is C14H14BrClN2. The van der Waals surface area contributed by atoms with Crippen LogP contribution in [0.3, 0.4) is 0 Å². The normalized spacial score (nSPS) is 14.6. The minimum absolute atomic E-state index is 0.543. The summed E-state index contributed by atoms with van der Waals surface area (Å²) in [7, 11) is 0. The van der Waals surface area contributed by atoms with E-state index in [1.54, 1.807) is 0 Å². The van der Waals surface area contributed by atoms with E-state index in [0.717, 1.165) is 28.6 Å². The zero-order chi connectivity index (χ0) is 12.5. The Balaban J connectivity index is 2.07. The van der Waals surface area contributed by atoms with Gasteiger partial charge in [-0.3, -0.25) is 0 Å². The van der Waals surface area contributed by atoms with Gasteiger partial charge in [0.15, 0.2) is 0 Å². The van der Waals surface area contributed by atoms with Gasteiger partial charge in [0.1, 0.15) is 0 Å². The van der Waals surface area contributed by atoms with Crippen molar-refractivity contribution in [3.63, 3.8) is 0 Å². The van der Waals surface area contributed by atoms with E-state index in [9.17, 15) is 0 Å². The molecule has 0 atom stereocenters. The van der Waals surface area contributed by atoms with E-state index < -0.39 is 0 Å². The highest BCUT2D eigenvalue weighted by molar-refractivity contribution is 9.10. The van der Waals surface area contributed by atoms with Gasteiger partial charge >= 0.3 is 0 Å². The number of hydrogen-bond donors (Lipinski definition) is 0. The fourth-order valence-electron chi connectivity index (χ4n) is 2.51. The van der Waals surface area contributed by atoms with Crippen LogP contribution in [0.5, 0.6) is 0 Å². The molecule has 0 fully saturated rings. The van der Waals surface area contributed by atoms with Crippen LogP contribution in [-0.2, 0) is 18.7 Å². The maximum atomic E-state index is 5.85. The van der Waals surface area contributed by atoms with Crippen LogP contribution in [0.15, 0.2) is 29.0 Å². The molecule has 3 rings (SSSR count). The number of nitrogens with zero attached hydrogens (tertiary/aromatic N) is 2. The third-order valence-electron chi connectivity index (χ3n) is 3.46. The van der Waals surface area contributed by atoms with Gasteiger partial charge in [0.2, 0.25) is 0 Å². The van der Waals surface area contributed by atoms with Gasteiger partial charge in [-0.15, -0.1) is 11.6 Å². The number of aromatic nitrogens is 2. The largest absolute Gasteiger partial charge is 0.302 e. The van der Waals surface area contributed by atoms with E-state index in [2.05, 4.69) is 43.7 Å². The molecule has 0 spiro atoms. The van der Waals surface area contributed by atoms with Crippen molar-refractivity contribution in [3.8, 4) is 5.69 Å². The summed E-state index contributed by atoms with van der Waals surface area (Å²) in [4.78, 5) is 4.53. The zero-order valence-corrected chi connectivity index (χ0v) is 12.3. The van der Waals surface area contributed by atoms with Gasteiger partial charge in [-0.2, -0.15) is 0 Å². The summed E-state index contributed by atoms with van der Waals surface area (Å²) in [6.45, 7) is 0. The topological polar surface area (TPSA) is 17.8 Å². The predicted octanol–water partition coefficient (Wildman–Crippen LogP) is 4.25. The second kappa shape index (κ2) is 5.06. The van der Waals surface area contributed by atoms with Crippen molar-refractivity contribution in [2.75, 3.05) is 0 Å². The van der Waals surface area contributed by atoms with Gasteiger partial charge in [-0.1, -0.05) is 6.07 Å². The maximum Gasteiger partial charge on any atom is 0.0998 e. The van der Waals surface area contributed by atoms with Crippen LogP contribution in [0.2, 0.25) is 0 Å². The van der Waals surface area contributed by atoms with Gasteiger partial charge < -0.3 is 4.57 Å². The van der Waals surface area contributed by atoms with Crippen LogP contribution < -0.4 is 0 Å². The molecule has 1 heterocycles. The van der Waals surface area contributed by atoms with Gasteiger partial charge in [0.05, 0.1) is 17.7 Å². The van der Waals surface area contributed by atoms with Crippen molar-refractivity contribution in [1.82, 2.24) is 9.55 Å². The third-order valence-corrected chi connectivity index (χ3v) is 4.40. The molecule has 0 saturated carbocycles. The Morgan fingerprint density at radius 3 is 2.89 bits per heavy atom. The second-order valence-electron chi connectivity index (χ2n) is 4.63. The van der Waals surface area contributed by atoms with E-state index in [-0.39, 0.29) is 0 Å². The maximum absolute atomic E-state index is 5.85. The lowest BCUT2D eigenvalue weighted by atomic mass is 10.0. The van der Waals surface area contributed by atoms with Crippen LogP contribution in [-0.4, -0.2) is 9.55 Å². The lowest BCUT2D eigenvalue weighted by molar-refractivity contribution is 0.655. The molecule has 1 aliphatic carbocycles. The van der Waals surface area contributed by atoms with Crippen LogP contribution in [0.4, 0.5) is 0 Å². The molecule has 1 aromatic carbocycles. The average molecular weight is 326 g/mol. The van der Waals surface area contributed by atoms with Gasteiger partial charge in [0.25, 0.3) is 0 Å². The number of alkyl halides is 1. The Bertz CT molecular complexity index is 577. The van der Waals surface area contributed by atoms with Crippen LogP contribution >= 0.6 is 27.5 Å². The molecule has 0 saturated heterocycles. The Kier molecular flexibility index (Phi) is 3.44. The predicted molar refractivity (Wildman–Crippen MR) is 77.5 cm³/mol. The fourth-order valence-corrected chi connectivity index (χ4v) is 3.29. The Hall–Kier alpha value is -0.800. The van der Waals surface area contributed by atoms with Gasteiger partial charge in [0, 0.05) is 16.0 Å². The molecule has 0 unspecified atom stereocenters. The summed E-state index contributed by atoms with van der Waals surface area (Å²) >= 11 is 9.48. The summed E-state index contributed by atoms with van der Waals surface area (Å²) in [5.74, 6) is 0.543. The Morgan fingerprint density at radius 2 is 2.11 bits per heavy atom. The number of halogens is 2. The molecule has 0 amide bonds. The molecule has 0 aliphatic heterocycles. The summed E-state index contributed by atoms with van der Waals surface area (Å²) < 4.78 is 3.28. The lowest BCUT2D eigenvalue weighted by Gasteiger charge is -2.15. The first-order valence-corrected chi connectivity index (χ1v) is 7.52. The molecule has 0 radical (unpaired) electrons. The molecule has 2 aromatic rings. The number of imidazole rings is 1. The van der Waals surface area contributed by atoms with E-state index in [1.807, 2.05) is 6.33 Å². The monoisotopic (exact) mass is 324 g/mol. The van der Waals surface area contributed by atoms with Crippen molar-refractivity contribution in [1.29, 1.82) is 0 Å². The molecule has 0 N–H and O–H groups in total. The number of hydrogen-bond acceptors (Lipinski definition) is 1. The van der Waals surface area contributed by atoms with Gasteiger partial charge in [-0.05, 0) is 59.3 Å². The summed E-state index contributed by atoms with van der Waals surface area (Å²) in [6.07, 6.45) is 6.70. The van der Waals surface area contributed by atoms with Gasteiger partial charge in [-0.25, -0.2) is 4.98 Å². The number of rotatable bonds is 2. The SMILES string of the molecule is ClCc1ccc(-n2cnc3c2CCCC3)c(Br)c1. The number of fused-ring (bicyclic) bond motifs is 1. The molecule has 4 heteroatoms. The molecule has 1 aliphatic rings. The van der Waals surface area contributed by atoms with Crippen LogP contribution in [0.1, 0.15) is 29.8 Å². The number of benzene rings is 1. The molecule has 2 nitrogen and oxygen atoms in total. The molecule has 1 aromatic heterocycles. The van der Waals surface area contributed by atoms with E-state index >= 15 is 0 Å². The lowest BCUT2D eigenvalue weighted by Crippen LogP contribution is -2.07. The summed E-state index contributed by atoms with van der Waals surface area (Å²) in [5, 5.41) is 0. The second-order valence-corrected chi connectivity index (χ2v) is 5.76. The van der Waals surface area contributed by atoms with Crippen molar-refractivity contribution < 1.29 is 0 Å². The summed E-state index contributed by atoms with van der Waals surface area (Å²) in [6, 6.07) is 6.26. The van der Waals surface area contributed by atoms with E-state index in [4.69, 9.17) is 11.6 Å². The highest BCUT2D eigenvalue weighted by Gasteiger charge is 2.17. The number of aryl methyl sites for hydroxylation is 1. The standard InChI is InChI=1S/C14H14BrClN2/c15-11-7-10(8-16)5-6-13(11)18-9-17-12-3-1-2-4-14(12)18/h5-7,9H,1-4,8H2. The first-order chi connectivity index (χ1) is 8.79. The molecule has 18 heavy (non-hydrogen) atoms. The minimum atomic E-state index is 0.543. The average Bonchev–Trinajstić information content (AvgIpc) is 2.82. The quantitative estimate of drug-likeness (QED) is 0.755. The molecular weight excluding hydrogens is 312 g/mol. The minimum Gasteiger partial charge on any atom is -0.302 e. The molecule has 94 valence electrons. The third kappa shape index (κ3) is 2.10. The molecule has 0 bridgehead atoms. The van der Waals surface area contributed by atoms with Crippen LogP contribution in [0.25, 0.3) is 5.69 Å². The van der Waals surface area contributed by atoms with Crippen LogP contribution in [0, 0.1) is 0 Å². The summed E-state index contributed by atoms with van der Waals surface area (Å²) in [5.41, 5.74) is 4.90. The smallest absolute Gasteiger partial charge is 0.0998 e. The first-order valence-electron chi connectivity index (χ1n) is 6.19. The first kappa shape index (κ1) is 12.2. The fraction of sp³-hybridized carbons (Fsp3) is 0.357. The zero-order valence-electron chi connectivity index (χ0n) is 10.00. The Morgan fingerprint density at radius 1 is 1.28 bits per heavy atom. The van der Waals surface area contributed by atoms with Crippen molar-refractivity contribution >= 4 is 27.5 Å². The van der Waals surface area contributed by atoms with E-state index in [1.165, 1.54) is 24.2 Å². The highest BCUT2D eigenvalue weighted by atomic mass is 79.9. The Labute approximate surface area is 120 Å². The highest BCUT2D eigenvalue weighted by Crippen LogP contribution is 2.28. The van der Waals surface area contributed by atoms with Crippen molar-refractivity contribution in [2.45, 2.75) is 31.6 Å². The van der Waals surface area contributed by atoms with Crippen molar-refractivity contribution in [2.24, 2.45) is 0 Å².